The monoisotopic (exact) mass is 513 g/mol. The van der Waals surface area contributed by atoms with Crippen molar-refractivity contribution >= 4 is 44.8 Å². The number of nitrogens with zero attached hydrogens (tertiary/aromatic N) is 3. The number of anilines is 1. The van der Waals surface area contributed by atoms with E-state index in [9.17, 15) is 13.2 Å². The van der Waals surface area contributed by atoms with Crippen LogP contribution < -0.4 is 4.90 Å². The highest BCUT2D eigenvalue weighted by Crippen LogP contribution is 2.34. The molecule has 0 N–H and O–H groups in total. The van der Waals surface area contributed by atoms with Crippen molar-refractivity contribution in [2.45, 2.75) is 43.7 Å². The van der Waals surface area contributed by atoms with Crippen LogP contribution in [-0.2, 0) is 21.4 Å². The summed E-state index contributed by atoms with van der Waals surface area (Å²) in [7, 11) is -3.88. The van der Waals surface area contributed by atoms with E-state index >= 15 is 4.39 Å². The van der Waals surface area contributed by atoms with Crippen molar-refractivity contribution in [1.29, 1.82) is 0 Å². The molecule has 1 aliphatic carbocycles. The third kappa shape index (κ3) is 5.14. The maximum absolute atomic E-state index is 15.1. The molecule has 0 unspecified atom stereocenters. The van der Waals surface area contributed by atoms with E-state index in [2.05, 4.69) is 0 Å². The van der Waals surface area contributed by atoms with Gasteiger partial charge in [-0.3, -0.25) is 4.79 Å². The summed E-state index contributed by atoms with van der Waals surface area (Å²) in [6.07, 6.45) is 2.41. The van der Waals surface area contributed by atoms with E-state index < -0.39 is 15.8 Å². The van der Waals surface area contributed by atoms with Gasteiger partial charge in [-0.05, 0) is 43.2 Å². The number of carbonyl (C=O) groups excluding carboxylic acids is 1. The maximum atomic E-state index is 15.1. The molecule has 0 spiro atoms. The Labute approximate surface area is 203 Å². The molecule has 2 aliphatic rings. The van der Waals surface area contributed by atoms with Crippen molar-refractivity contribution in [2.75, 3.05) is 31.1 Å². The largest absolute Gasteiger partial charge is 0.368 e. The van der Waals surface area contributed by atoms with Gasteiger partial charge in [-0.15, -0.1) is 0 Å². The number of sulfonamides is 1. The van der Waals surface area contributed by atoms with Gasteiger partial charge in [0, 0.05) is 56.9 Å². The van der Waals surface area contributed by atoms with E-state index in [-0.39, 0.29) is 33.4 Å². The maximum Gasteiger partial charge on any atom is 0.243 e. The van der Waals surface area contributed by atoms with Gasteiger partial charge in [-0.2, -0.15) is 4.31 Å². The van der Waals surface area contributed by atoms with Gasteiger partial charge in [0.05, 0.1) is 14.9 Å². The fourth-order valence-electron chi connectivity index (χ4n) is 4.17. The summed E-state index contributed by atoms with van der Waals surface area (Å²) >= 11 is 12.0. The lowest BCUT2D eigenvalue weighted by Gasteiger charge is -2.37. The number of amides is 1. The van der Waals surface area contributed by atoms with Crippen molar-refractivity contribution < 1.29 is 17.6 Å². The molecule has 0 atom stereocenters. The minimum Gasteiger partial charge on any atom is -0.368 e. The highest BCUT2D eigenvalue weighted by molar-refractivity contribution is 7.89. The molecule has 2 fully saturated rings. The predicted octanol–water partition coefficient (Wildman–Crippen LogP) is 4.54. The number of rotatable bonds is 6. The Bertz CT molecular complexity index is 1150. The van der Waals surface area contributed by atoms with Gasteiger partial charge in [-0.25, -0.2) is 12.8 Å². The molecule has 1 heterocycles. The summed E-state index contributed by atoms with van der Waals surface area (Å²) < 4.78 is 43.3. The molecule has 10 heteroatoms. The molecule has 0 bridgehead atoms. The molecule has 6 nitrogen and oxygen atoms in total. The number of benzene rings is 2. The van der Waals surface area contributed by atoms with Crippen LogP contribution in [0.4, 0.5) is 10.1 Å². The van der Waals surface area contributed by atoms with Crippen LogP contribution in [0.3, 0.4) is 0 Å². The summed E-state index contributed by atoms with van der Waals surface area (Å²) in [6.45, 7) is 3.92. The topological polar surface area (TPSA) is 60.9 Å². The molecule has 0 aromatic heterocycles. The third-order valence-electron chi connectivity index (χ3n) is 6.43. The molecule has 0 radical (unpaired) electrons. The van der Waals surface area contributed by atoms with Crippen LogP contribution in [0.2, 0.25) is 10.0 Å². The average molecular weight is 514 g/mol. The Hall–Kier alpha value is -1.87. The van der Waals surface area contributed by atoms with E-state index in [0.29, 0.717) is 31.7 Å². The van der Waals surface area contributed by atoms with Crippen molar-refractivity contribution in [3.63, 3.8) is 0 Å². The molecule has 4 rings (SSSR count). The molecule has 1 aliphatic heterocycles. The molecule has 1 saturated heterocycles. The normalized spacial score (nSPS) is 17.4. The lowest BCUT2D eigenvalue weighted by Crippen LogP contribution is -2.48. The van der Waals surface area contributed by atoms with Crippen LogP contribution in [-0.4, -0.2) is 55.8 Å². The van der Waals surface area contributed by atoms with Crippen LogP contribution >= 0.6 is 23.2 Å². The van der Waals surface area contributed by atoms with Gasteiger partial charge < -0.3 is 9.80 Å². The Balaban J connectivity index is 1.55. The predicted molar refractivity (Wildman–Crippen MR) is 128 cm³/mol. The van der Waals surface area contributed by atoms with Crippen molar-refractivity contribution in [2.24, 2.45) is 0 Å². The van der Waals surface area contributed by atoms with E-state index in [1.807, 2.05) is 11.0 Å². The minimum absolute atomic E-state index is 0.0375. The second-order valence-corrected chi connectivity index (χ2v) is 11.2. The van der Waals surface area contributed by atoms with Crippen LogP contribution in [0.5, 0.6) is 0 Å². The van der Waals surface area contributed by atoms with Crippen LogP contribution in [0, 0.1) is 5.82 Å². The first kappa shape index (κ1) is 24.3. The summed E-state index contributed by atoms with van der Waals surface area (Å²) in [5.41, 5.74) is 1.04. The summed E-state index contributed by atoms with van der Waals surface area (Å²) in [5, 5.41) is 0.434. The van der Waals surface area contributed by atoms with E-state index in [0.717, 1.165) is 24.9 Å². The van der Waals surface area contributed by atoms with Crippen LogP contribution in [0.15, 0.2) is 41.3 Å². The molecule has 1 amide bonds. The number of hydrogen-bond donors (Lipinski definition) is 0. The van der Waals surface area contributed by atoms with Gasteiger partial charge in [0.2, 0.25) is 15.9 Å². The quantitative estimate of drug-likeness (QED) is 0.568. The zero-order valence-electron chi connectivity index (χ0n) is 18.3. The average Bonchev–Trinajstić information content (AvgIpc) is 2.75. The third-order valence-corrected chi connectivity index (χ3v) is 9.07. The second kappa shape index (κ2) is 9.78. The summed E-state index contributed by atoms with van der Waals surface area (Å²) in [6, 6.07) is 8.95. The van der Waals surface area contributed by atoms with Gasteiger partial charge in [-0.1, -0.05) is 35.7 Å². The van der Waals surface area contributed by atoms with Crippen molar-refractivity contribution in [3.05, 3.63) is 57.8 Å². The first-order valence-electron chi connectivity index (χ1n) is 10.9. The van der Waals surface area contributed by atoms with Crippen molar-refractivity contribution in [1.82, 2.24) is 9.21 Å². The van der Waals surface area contributed by atoms with Gasteiger partial charge in [0.25, 0.3) is 0 Å². The van der Waals surface area contributed by atoms with E-state index in [4.69, 9.17) is 23.2 Å². The highest BCUT2D eigenvalue weighted by atomic mass is 35.5. The lowest BCUT2D eigenvalue weighted by molar-refractivity contribution is -0.129. The second-order valence-electron chi connectivity index (χ2n) is 8.48. The first-order valence-corrected chi connectivity index (χ1v) is 13.1. The Morgan fingerprint density at radius 2 is 1.76 bits per heavy atom. The molecular weight excluding hydrogens is 488 g/mol. The molecular formula is C23H26Cl2FN3O3S. The van der Waals surface area contributed by atoms with E-state index in [1.54, 1.807) is 17.9 Å². The van der Waals surface area contributed by atoms with Crippen molar-refractivity contribution in [3.8, 4) is 0 Å². The molecule has 2 aromatic carbocycles. The van der Waals surface area contributed by atoms with Gasteiger partial charge in [0.1, 0.15) is 5.82 Å². The highest BCUT2D eigenvalue weighted by Gasteiger charge is 2.36. The molecule has 1 saturated carbocycles. The summed E-state index contributed by atoms with van der Waals surface area (Å²) in [5.74, 6) is -0.411. The zero-order chi connectivity index (χ0) is 23.8. The number of carbonyl (C=O) groups is 1. The summed E-state index contributed by atoms with van der Waals surface area (Å²) in [4.78, 5) is 15.4. The molecule has 2 aromatic rings. The van der Waals surface area contributed by atoms with Crippen LogP contribution in [0.25, 0.3) is 0 Å². The minimum atomic E-state index is -3.88. The molecule has 178 valence electrons. The number of piperazine rings is 1. The van der Waals surface area contributed by atoms with Gasteiger partial charge in [0.15, 0.2) is 0 Å². The number of halogens is 3. The Kier molecular flexibility index (Phi) is 7.19. The van der Waals surface area contributed by atoms with E-state index in [1.165, 1.54) is 28.6 Å². The Morgan fingerprint density at radius 3 is 2.30 bits per heavy atom. The van der Waals surface area contributed by atoms with Crippen LogP contribution in [0.1, 0.15) is 31.7 Å². The zero-order valence-corrected chi connectivity index (χ0v) is 20.6. The standard InChI is InChI=1S/C23H26Cl2FN3O3S/c1-16(30)27-9-11-28(12-10-27)19-6-5-17(23(26)13-19)15-29(18-3-2-4-18)33(31,32)20-7-8-21(24)22(25)14-20/h5-8,13-14,18H,2-4,9-12,15H2,1H3. The SMILES string of the molecule is CC(=O)N1CCN(c2ccc(CN(C3CCC3)S(=O)(=O)c3ccc(Cl)c(Cl)c3)c(F)c2)CC1. The Morgan fingerprint density at radius 1 is 1.06 bits per heavy atom. The first-order chi connectivity index (χ1) is 15.7. The molecule has 33 heavy (non-hydrogen) atoms. The number of hydrogen-bond acceptors (Lipinski definition) is 4. The fraction of sp³-hybridized carbons (Fsp3) is 0.435. The smallest absolute Gasteiger partial charge is 0.243 e. The fourth-order valence-corrected chi connectivity index (χ4v) is 6.22. The van der Waals surface area contributed by atoms with Gasteiger partial charge >= 0.3 is 0 Å². The lowest BCUT2D eigenvalue weighted by atomic mass is 9.93.